The first-order valence-electron chi connectivity index (χ1n) is 11.2. The molecule has 0 fully saturated rings. The fourth-order valence-corrected chi connectivity index (χ4v) is 6.03. The summed E-state index contributed by atoms with van der Waals surface area (Å²) in [7, 11) is 1.64. The van der Waals surface area contributed by atoms with Gasteiger partial charge >= 0.3 is 5.97 Å². The molecule has 0 radical (unpaired) electrons. The second-order valence-electron chi connectivity index (χ2n) is 8.18. The maximum absolute atomic E-state index is 13.5. The van der Waals surface area contributed by atoms with Crippen molar-refractivity contribution < 1.29 is 19.1 Å². The summed E-state index contributed by atoms with van der Waals surface area (Å²) in [6.45, 7) is 6.62. The lowest BCUT2D eigenvalue weighted by Gasteiger charge is -2.39. The van der Waals surface area contributed by atoms with Crippen LogP contribution in [0.3, 0.4) is 0 Å². The molecule has 1 aliphatic carbocycles. The summed E-state index contributed by atoms with van der Waals surface area (Å²) in [5.41, 5.74) is 3.24. The number of benzene rings is 1. The van der Waals surface area contributed by atoms with Gasteiger partial charge < -0.3 is 14.8 Å². The van der Waals surface area contributed by atoms with E-state index in [1.54, 1.807) is 30.2 Å². The van der Waals surface area contributed by atoms with Crippen LogP contribution in [0.25, 0.3) is 0 Å². The fraction of sp³-hybridized carbons (Fsp3) is 0.385. The second-order valence-corrected chi connectivity index (χ2v) is 10.6. The molecule has 7 heteroatoms. The summed E-state index contributed by atoms with van der Waals surface area (Å²) in [6.07, 6.45) is 1.08. The maximum atomic E-state index is 13.5. The molecule has 2 aromatic rings. The lowest BCUT2D eigenvalue weighted by molar-refractivity contribution is -0.147. The van der Waals surface area contributed by atoms with E-state index in [4.69, 9.17) is 9.47 Å². The average Bonchev–Trinajstić information content (AvgIpc) is 3.35. The van der Waals surface area contributed by atoms with E-state index in [2.05, 4.69) is 18.8 Å². The number of methoxy groups -OCH3 is 1. The van der Waals surface area contributed by atoms with Crippen molar-refractivity contribution in [1.29, 1.82) is 0 Å². The summed E-state index contributed by atoms with van der Waals surface area (Å²) in [4.78, 5) is 27.7. The Morgan fingerprint density at radius 3 is 2.85 bits per heavy atom. The van der Waals surface area contributed by atoms with Crippen molar-refractivity contribution in [2.75, 3.05) is 25.2 Å². The Kier molecular flexibility index (Phi) is 7.60. The molecule has 0 amide bonds. The van der Waals surface area contributed by atoms with Crippen LogP contribution < -0.4 is 10.1 Å². The zero-order chi connectivity index (χ0) is 23.4. The minimum absolute atomic E-state index is 0.0465. The van der Waals surface area contributed by atoms with Gasteiger partial charge in [0.2, 0.25) is 0 Å². The molecule has 0 spiro atoms. The minimum Gasteiger partial charge on any atom is -0.497 e. The van der Waals surface area contributed by atoms with E-state index in [0.717, 1.165) is 33.4 Å². The normalized spacial score (nSPS) is 22.5. The van der Waals surface area contributed by atoms with Crippen molar-refractivity contribution in [2.45, 2.75) is 31.6 Å². The summed E-state index contributed by atoms with van der Waals surface area (Å²) < 4.78 is 11.0. The number of nitrogens with one attached hydrogen (secondary N) is 1. The average molecular weight is 484 g/mol. The third kappa shape index (κ3) is 5.04. The molecule has 1 aromatic carbocycles. The van der Waals surface area contributed by atoms with E-state index in [0.29, 0.717) is 30.7 Å². The van der Waals surface area contributed by atoms with Gasteiger partial charge in [-0.25, -0.2) is 0 Å². The van der Waals surface area contributed by atoms with Crippen LogP contribution in [0.2, 0.25) is 0 Å². The highest BCUT2D eigenvalue weighted by molar-refractivity contribution is 7.99. The van der Waals surface area contributed by atoms with Crippen molar-refractivity contribution in [3.63, 3.8) is 0 Å². The van der Waals surface area contributed by atoms with Crippen molar-refractivity contribution in [3.05, 3.63) is 75.8 Å². The van der Waals surface area contributed by atoms with Gasteiger partial charge in [-0.1, -0.05) is 31.7 Å². The van der Waals surface area contributed by atoms with Gasteiger partial charge in [-0.2, -0.15) is 11.8 Å². The van der Waals surface area contributed by atoms with Gasteiger partial charge in [-0.3, -0.25) is 9.59 Å². The third-order valence-corrected chi connectivity index (χ3v) is 8.00. The Labute approximate surface area is 203 Å². The third-order valence-electron chi connectivity index (χ3n) is 6.18. The van der Waals surface area contributed by atoms with Crippen LogP contribution in [0.15, 0.2) is 65.3 Å². The van der Waals surface area contributed by atoms with Crippen molar-refractivity contribution in [3.8, 4) is 5.75 Å². The van der Waals surface area contributed by atoms with Crippen LogP contribution in [0.5, 0.6) is 5.75 Å². The maximum Gasteiger partial charge on any atom is 0.315 e. The lowest BCUT2D eigenvalue weighted by atomic mass is 9.71. The molecule has 3 unspecified atom stereocenters. The first-order chi connectivity index (χ1) is 16.0. The zero-order valence-corrected chi connectivity index (χ0v) is 20.6. The number of hydrogen-bond donors (Lipinski definition) is 1. The number of thiophene rings is 1. The summed E-state index contributed by atoms with van der Waals surface area (Å²) >= 11 is 3.29. The number of ketones is 1. The first-order valence-corrected chi connectivity index (χ1v) is 13.2. The first kappa shape index (κ1) is 23.6. The van der Waals surface area contributed by atoms with E-state index >= 15 is 0 Å². The van der Waals surface area contributed by atoms with E-state index in [9.17, 15) is 9.59 Å². The fourth-order valence-electron chi connectivity index (χ4n) is 4.67. The standard InChI is InChI=1S/C26H29NO4S2/c1-4-32-12-10-31-26(29)23-16(2)27-20-14-18(17-7-5-8-19(13-17)30-3)15-21(28)24(20)25(23)22-9-6-11-33-22/h5-9,11,13,18,23,25,27H,2,4,10,12,14-15H2,1,3H3. The molecule has 1 aliphatic heterocycles. The van der Waals surface area contributed by atoms with Gasteiger partial charge in [0.25, 0.3) is 0 Å². The number of ether oxygens (including phenoxy) is 2. The summed E-state index contributed by atoms with van der Waals surface area (Å²) in [6, 6.07) is 11.8. The number of carbonyl (C=O) groups is 2. The summed E-state index contributed by atoms with van der Waals surface area (Å²) in [5.74, 6) is 1.33. The topological polar surface area (TPSA) is 64.6 Å². The molecular formula is C26H29NO4S2. The molecule has 5 nitrogen and oxygen atoms in total. The number of allylic oxidation sites excluding steroid dienone is 2. The van der Waals surface area contributed by atoms with Crippen LogP contribution in [0, 0.1) is 5.92 Å². The van der Waals surface area contributed by atoms with Crippen LogP contribution >= 0.6 is 23.1 Å². The Bertz CT molecular complexity index is 1060. The highest BCUT2D eigenvalue weighted by Crippen LogP contribution is 2.48. The number of carbonyl (C=O) groups excluding carboxylic acids is 2. The highest BCUT2D eigenvalue weighted by Gasteiger charge is 2.45. The molecule has 0 bridgehead atoms. The second kappa shape index (κ2) is 10.6. The Hall–Kier alpha value is -2.51. The number of esters is 1. The van der Waals surface area contributed by atoms with Gasteiger partial charge in [0.15, 0.2) is 5.78 Å². The van der Waals surface area contributed by atoms with E-state index in [1.165, 1.54) is 0 Å². The van der Waals surface area contributed by atoms with Gasteiger partial charge in [0.05, 0.1) is 7.11 Å². The molecule has 4 rings (SSSR count). The predicted octanol–water partition coefficient (Wildman–Crippen LogP) is 5.27. The van der Waals surface area contributed by atoms with E-state index in [-0.39, 0.29) is 23.6 Å². The Balaban J connectivity index is 1.65. The molecule has 33 heavy (non-hydrogen) atoms. The smallest absolute Gasteiger partial charge is 0.315 e. The van der Waals surface area contributed by atoms with Crippen LogP contribution in [0.4, 0.5) is 0 Å². The molecule has 0 saturated carbocycles. The number of Topliss-reactive ketones (excluding diaryl/α,β-unsaturated/α-hetero) is 1. The van der Waals surface area contributed by atoms with E-state index < -0.39 is 5.92 Å². The molecule has 2 aliphatic rings. The van der Waals surface area contributed by atoms with E-state index in [1.807, 2.05) is 41.8 Å². The monoisotopic (exact) mass is 483 g/mol. The summed E-state index contributed by atoms with van der Waals surface area (Å²) in [5, 5.41) is 5.31. The van der Waals surface area contributed by atoms with Crippen LogP contribution in [0.1, 0.15) is 42.0 Å². The molecule has 174 valence electrons. The van der Waals surface area contributed by atoms with Crippen molar-refractivity contribution in [1.82, 2.24) is 5.32 Å². The largest absolute Gasteiger partial charge is 0.497 e. The van der Waals surface area contributed by atoms with Crippen LogP contribution in [-0.2, 0) is 14.3 Å². The molecular weight excluding hydrogens is 454 g/mol. The molecule has 0 saturated heterocycles. The molecule has 1 N–H and O–H groups in total. The number of thioether (sulfide) groups is 1. The lowest BCUT2D eigenvalue weighted by Crippen LogP contribution is -2.42. The van der Waals surface area contributed by atoms with Crippen molar-refractivity contribution in [2.24, 2.45) is 5.92 Å². The number of hydrogen-bond acceptors (Lipinski definition) is 7. The van der Waals surface area contributed by atoms with Crippen molar-refractivity contribution >= 4 is 34.9 Å². The predicted molar refractivity (Wildman–Crippen MR) is 134 cm³/mol. The Morgan fingerprint density at radius 2 is 2.12 bits per heavy atom. The zero-order valence-electron chi connectivity index (χ0n) is 19.0. The number of rotatable bonds is 8. The minimum atomic E-state index is -0.619. The van der Waals surface area contributed by atoms with Gasteiger partial charge in [-0.05, 0) is 47.2 Å². The molecule has 3 atom stereocenters. The molecule has 1 aromatic heterocycles. The molecule has 2 heterocycles. The SMILES string of the molecule is C=C1NC2=C(C(=O)CC(c3cccc(OC)c3)C2)C(c2cccs2)C1C(=O)OCCSCC. The van der Waals surface area contributed by atoms with Crippen LogP contribution in [-0.4, -0.2) is 37.0 Å². The van der Waals surface area contributed by atoms with Gasteiger partial charge in [0.1, 0.15) is 18.3 Å². The van der Waals surface area contributed by atoms with Gasteiger partial charge in [0, 0.05) is 39.9 Å². The quantitative estimate of drug-likeness (QED) is 0.408. The Morgan fingerprint density at radius 1 is 1.27 bits per heavy atom. The van der Waals surface area contributed by atoms with Gasteiger partial charge in [-0.15, -0.1) is 11.3 Å². The highest BCUT2D eigenvalue weighted by atomic mass is 32.2.